The van der Waals surface area contributed by atoms with Crippen molar-refractivity contribution in [1.82, 2.24) is 0 Å². The van der Waals surface area contributed by atoms with E-state index in [-0.39, 0.29) is 11.8 Å². The zero-order chi connectivity index (χ0) is 9.42. The molecule has 0 aliphatic carbocycles. The van der Waals surface area contributed by atoms with Gasteiger partial charge in [-0.25, -0.2) is 0 Å². The Bertz CT molecular complexity index is 338. The van der Waals surface area contributed by atoms with Crippen molar-refractivity contribution in [1.29, 1.82) is 0 Å². The van der Waals surface area contributed by atoms with Gasteiger partial charge >= 0.3 is 0 Å². The number of rotatable bonds is 1. The first-order valence-corrected chi connectivity index (χ1v) is 4.02. The van der Waals surface area contributed by atoms with Crippen molar-refractivity contribution in [2.75, 3.05) is 13.7 Å². The van der Waals surface area contributed by atoms with Gasteiger partial charge in [0.2, 0.25) is 0 Å². The predicted molar refractivity (Wildman–Crippen MR) is 47.1 cm³/mol. The Labute approximate surface area is 75.9 Å². The third-order valence-corrected chi connectivity index (χ3v) is 2.13. The van der Waals surface area contributed by atoms with Gasteiger partial charge in [-0.15, -0.1) is 0 Å². The Morgan fingerprint density at radius 2 is 2.38 bits per heavy atom. The molecule has 3 N–H and O–H groups in total. The molecule has 1 heterocycles. The van der Waals surface area contributed by atoms with E-state index in [9.17, 15) is 5.11 Å². The van der Waals surface area contributed by atoms with E-state index in [1.165, 1.54) is 6.07 Å². The smallest absolute Gasteiger partial charge is 0.169 e. The summed E-state index contributed by atoms with van der Waals surface area (Å²) in [5.74, 6) is 1.23. The normalized spacial score (nSPS) is 19.4. The minimum atomic E-state index is -0.211. The van der Waals surface area contributed by atoms with Crippen LogP contribution >= 0.6 is 0 Å². The summed E-state index contributed by atoms with van der Waals surface area (Å²) in [6, 6.07) is 3.01. The quantitative estimate of drug-likeness (QED) is 0.672. The molecule has 4 heteroatoms. The van der Waals surface area contributed by atoms with Gasteiger partial charge in [-0.2, -0.15) is 0 Å². The third kappa shape index (κ3) is 1.10. The molecule has 0 amide bonds. The molecule has 1 aromatic rings. The van der Waals surface area contributed by atoms with E-state index in [1.54, 1.807) is 13.2 Å². The molecule has 13 heavy (non-hydrogen) atoms. The Balaban J connectivity index is 2.60. The molecular formula is C9H11NO3. The highest BCUT2D eigenvalue weighted by atomic mass is 16.5. The van der Waals surface area contributed by atoms with Crippen molar-refractivity contribution in [3.8, 4) is 17.2 Å². The monoisotopic (exact) mass is 181 g/mol. The molecule has 70 valence electrons. The molecule has 0 bridgehead atoms. The lowest BCUT2D eigenvalue weighted by molar-refractivity contribution is 0.317. The second-order valence-electron chi connectivity index (χ2n) is 2.95. The molecule has 2 rings (SSSR count). The average molecular weight is 181 g/mol. The molecule has 1 aromatic carbocycles. The number of fused-ring (bicyclic) bond motifs is 1. The summed E-state index contributed by atoms with van der Waals surface area (Å²) >= 11 is 0. The van der Waals surface area contributed by atoms with Crippen molar-refractivity contribution >= 4 is 0 Å². The Morgan fingerprint density at radius 1 is 1.62 bits per heavy atom. The van der Waals surface area contributed by atoms with Crippen molar-refractivity contribution in [3.63, 3.8) is 0 Å². The summed E-state index contributed by atoms with van der Waals surface area (Å²) in [5.41, 5.74) is 6.53. The topological polar surface area (TPSA) is 64.7 Å². The minimum Gasteiger partial charge on any atom is -0.504 e. The third-order valence-electron chi connectivity index (χ3n) is 2.13. The second kappa shape index (κ2) is 2.81. The van der Waals surface area contributed by atoms with E-state index >= 15 is 0 Å². The van der Waals surface area contributed by atoms with Gasteiger partial charge in [0.15, 0.2) is 11.5 Å². The van der Waals surface area contributed by atoms with Crippen molar-refractivity contribution in [2.45, 2.75) is 6.04 Å². The van der Waals surface area contributed by atoms with Gasteiger partial charge in [0.1, 0.15) is 12.4 Å². The highest BCUT2D eigenvalue weighted by molar-refractivity contribution is 5.56. The van der Waals surface area contributed by atoms with Crippen LogP contribution in [0.5, 0.6) is 17.2 Å². The Hall–Kier alpha value is -1.42. The number of aromatic hydroxyl groups is 1. The summed E-state index contributed by atoms with van der Waals surface area (Å²) in [5, 5.41) is 9.43. The van der Waals surface area contributed by atoms with Gasteiger partial charge < -0.3 is 20.3 Å². The fourth-order valence-electron chi connectivity index (χ4n) is 1.51. The van der Waals surface area contributed by atoms with Crippen LogP contribution in [0.15, 0.2) is 12.1 Å². The summed E-state index contributed by atoms with van der Waals surface area (Å²) in [6.07, 6.45) is 0. The van der Waals surface area contributed by atoms with Gasteiger partial charge in [0, 0.05) is 0 Å². The molecule has 0 radical (unpaired) electrons. The number of benzene rings is 1. The van der Waals surface area contributed by atoms with Gasteiger partial charge in [-0.1, -0.05) is 0 Å². The Kier molecular flexibility index (Phi) is 1.77. The number of ether oxygens (including phenoxy) is 2. The van der Waals surface area contributed by atoms with Crippen LogP contribution in [0.2, 0.25) is 0 Å². The molecule has 0 spiro atoms. The fourth-order valence-corrected chi connectivity index (χ4v) is 1.51. The number of hydrogen-bond donors (Lipinski definition) is 2. The van der Waals surface area contributed by atoms with Crippen molar-refractivity contribution in [3.05, 3.63) is 17.7 Å². The second-order valence-corrected chi connectivity index (χ2v) is 2.95. The first kappa shape index (κ1) is 8.19. The SMILES string of the molecule is COc1ccc(O)c2c1[C@H](N)CO2. The van der Waals surface area contributed by atoms with Crippen molar-refractivity contribution in [2.24, 2.45) is 5.73 Å². The van der Waals surface area contributed by atoms with E-state index in [0.717, 1.165) is 5.56 Å². The van der Waals surface area contributed by atoms with E-state index in [4.69, 9.17) is 15.2 Å². The lowest BCUT2D eigenvalue weighted by Gasteiger charge is -2.08. The Morgan fingerprint density at radius 3 is 3.08 bits per heavy atom. The lowest BCUT2D eigenvalue weighted by atomic mass is 10.1. The summed E-state index contributed by atoms with van der Waals surface area (Å²) in [4.78, 5) is 0. The van der Waals surface area contributed by atoms with Crippen LogP contribution in [-0.4, -0.2) is 18.8 Å². The minimum absolute atomic E-state index is 0.115. The maximum atomic E-state index is 9.43. The molecule has 1 aliphatic heterocycles. The van der Waals surface area contributed by atoms with Crippen LogP contribution in [0.1, 0.15) is 11.6 Å². The van der Waals surface area contributed by atoms with Gasteiger partial charge in [0.05, 0.1) is 18.7 Å². The lowest BCUT2D eigenvalue weighted by Crippen LogP contribution is -2.11. The zero-order valence-corrected chi connectivity index (χ0v) is 7.28. The molecule has 0 saturated carbocycles. The van der Waals surface area contributed by atoms with Crippen LogP contribution < -0.4 is 15.2 Å². The number of phenols is 1. The van der Waals surface area contributed by atoms with E-state index < -0.39 is 0 Å². The van der Waals surface area contributed by atoms with Crippen molar-refractivity contribution < 1.29 is 14.6 Å². The number of nitrogens with two attached hydrogens (primary N) is 1. The maximum absolute atomic E-state index is 9.43. The highest BCUT2D eigenvalue weighted by Gasteiger charge is 2.27. The molecule has 0 fully saturated rings. The standard InChI is InChI=1S/C9H11NO3/c1-12-7-3-2-6(11)9-8(7)5(10)4-13-9/h2-3,5,11H,4,10H2,1H3/t5-/m1/s1. The molecule has 0 aromatic heterocycles. The van der Waals surface area contributed by atoms with Crippen LogP contribution in [0, 0.1) is 0 Å². The first-order valence-electron chi connectivity index (χ1n) is 4.02. The zero-order valence-electron chi connectivity index (χ0n) is 7.28. The van der Waals surface area contributed by atoms with E-state index in [0.29, 0.717) is 18.1 Å². The summed E-state index contributed by atoms with van der Waals surface area (Å²) in [6.45, 7) is 0.392. The van der Waals surface area contributed by atoms with Crippen LogP contribution in [0.3, 0.4) is 0 Å². The largest absolute Gasteiger partial charge is 0.504 e. The van der Waals surface area contributed by atoms with Gasteiger partial charge in [0.25, 0.3) is 0 Å². The molecule has 1 aliphatic rings. The molecule has 0 unspecified atom stereocenters. The predicted octanol–water partition coefficient (Wildman–Crippen LogP) is 0.793. The van der Waals surface area contributed by atoms with Gasteiger partial charge in [-0.05, 0) is 12.1 Å². The molecule has 4 nitrogen and oxygen atoms in total. The number of phenolic OH excluding ortho intramolecular Hbond substituents is 1. The number of hydrogen-bond acceptors (Lipinski definition) is 4. The average Bonchev–Trinajstić information content (AvgIpc) is 2.51. The summed E-state index contributed by atoms with van der Waals surface area (Å²) in [7, 11) is 1.57. The highest BCUT2D eigenvalue weighted by Crippen LogP contribution is 2.43. The maximum Gasteiger partial charge on any atom is 0.169 e. The van der Waals surface area contributed by atoms with E-state index in [1.807, 2.05) is 0 Å². The van der Waals surface area contributed by atoms with Crippen LogP contribution in [0.25, 0.3) is 0 Å². The number of methoxy groups -OCH3 is 1. The molecular weight excluding hydrogens is 170 g/mol. The van der Waals surface area contributed by atoms with Gasteiger partial charge in [-0.3, -0.25) is 0 Å². The fraction of sp³-hybridized carbons (Fsp3) is 0.333. The summed E-state index contributed by atoms with van der Waals surface area (Å²) < 4.78 is 10.3. The van der Waals surface area contributed by atoms with E-state index in [2.05, 4.69) is 0 Å². The van der Waals surface area contributed by atoms with Crippen LogP contribution in [-0.2, 0) is 0 Å². The molecule has 1 atom stereocenters. The first-order chi connectivity index (χ1) is 6.24. The molecule has 0 saturated heterocycles. The van der Waals surface area contributed by atoms with Crippen LogP contribution in [0.4, 0.5) is 0 Å².